The normalized spacial score (nSPS) is 15.0. The van der Waals surface area contributed by atoms with Gasteiger partial charge in [0.05, 0.1) is 0 Å². The highest BCUT2D eigenvalue weighted by Gasteiger charge is 2.54. The van der Waals surface area contributed by atoms with Crippen LogP contribution in [0.5, 0.6) is 0 Å². The van der Waals surface area contributed by atoms with Crippen molar-refractivity contribution in [3.8, 4) is 0 Å². The van der Waals surface area contributed by atoms with Crippen molar-refractivity contribution in [2.24, 2.45) is 16.2 Å². The van der Waals surface area contributed by atoms with E-state index in [0.717, 1.165) is 6.42 Å². The van der Waals surface area contributed by atoms with Gasteiger partial charge in [-0.3, -0.25) is 0 Å². The molecule has 0 saturated heterocycles. The van der Waals surface area contributed by atoms with Crippen LogP contribution in [-0.4, -0.2) is 0 Å². The second kappa shape index (κ2) is 7.72. The summed E-state index contributed by atoms with van der Waals surface area (Å²) in [4.78, 5) is 0. The smallest absolute Gasteiger partial charge is 0.00469 e. The van der Waals surface area contributed by atoms with E-state index in [4.69, 9.17) is 0 Å². The van der Waals surface area contributed by atoms with Crippen LogP contribution in [0.2, 0.25) is 0 Å². The van der Waals surface area contributed by atoms with E-state index < -0.39 is 0 Å². The number of benzene rings is 1. The molecule has 0 saturated carbocycles. The van der Waals surface area contributed by atoms with Gasteiger partial charge in [-0.2, -0.15) is 0 Å². The van der Waals surface area contributed by atoms with Crippen LogP contribution in [0.25, 0.3) is 0 Å². The summed E-state index contributed by atoms with van der Waals surface area (Å²) in [5, 5.41) is 0. The topological polar surface area (TPSA) is 0 Å². The predicted molar refractivity (Wildman–Crippen MR) is 133 cm³/mol. The second-order valence-electron chi connectivity index (χ2n) is 13.4. The average molecular weight is 401 g/mol. The summed E-state index contributed by atoms with van der Waals surface area (Å²) in [6.45, 7) is 36.3. The number of rotatable bonds is 7. The Hall–Kier alpha value is -0.780. The molecule has 0 aliphatic heterocycles. The SMILES string of the molecule is CCC(C)(C)c1cc(C(C)(C)C)cc(C(C)(C)C(C)(C)C(C)(C)C(C)(C)CC)c1. The van der Waals surface area contributed by atoms with Crippen LogP contribution in [0, 0.1) is 16.2 Å². The van der Waals surface area contributed by atoms with Gasteiger partial charge in [-0.25, -0.2) is 0 Å². The summed E-state index contributed by atoms with van der Waals surface area (Å²) in [5.41, 5.74) is 5.37. The molecular formula is C29H52. The van der Waals surface area contributed by atoms with E-state index in [2.05, 4.69) is 122 Å². The predicted octanol–water partition coefficient (Wildman–Crippen LogP) is 9.44. The fraction of sp³-hybridized carbons (Fsp3) is 0.793. The maximum atomic E-state index is 2.52. The molecule has 0 radical (unpaired) electrons. The van der Waals surface area contributed by atoms with Gasteiger partial charge in [0.15, 0.2) is 0 Å². The fourth-order valence-electron chi connectivity index (χ4n) is 4.45. The quantitative estimate of drug-likeness (QED) is 0.427. The van der Waals surface area contributed by atoms with E-state index in [-0.39, 0.29) is 32.5 Å². The van der Waals surface area contributed by atoms with E-state index in [1.807, 2.05) is 0 Å². The molecule has 0 heterocycles. The van der Waals surface area contributed by atoms with Crippen LogP contribution in [0.1, 0.15) is 133 Å². The highest BCUT2D eigenvalue weighted by molar-refractivity contribution is 5.41. The average Bonchev–Trinajstić information content (AvgIpc) is 2.59. The van der Waals surface area contributed by atoms with Crippen molar-refractivity contribution in [1.82, 2.24) is 0 Å². The Labute approximate surface area is 184 Å². The summed E-state index contributed by atoms with van der Waals surface area (Å²) < 4.78 is 0. The van der Waals surface area contributed by atoms with Gasteiger partial charge in [0, 0.05) is 0 Å². The monoisotopic (exact) mass is 400 g/mol. The number of hydrogen-bond acceptors (Lipinski definition) is 0. The molecule has 0 bridgehead atoms. The van der Waals surface area contributed by atoms with Gasteiger partial charge in [0.1, 0.15) is 0 Å². The molecule has 0 aliphatic carbocycles. The Bertz CT molecular complexity index is 702. The second-order valence-corrected chi connectivity index (χ2v) is 13.4. The summed E-state index contributed by atoms with van der Waals surface area (Å²) in [7, 11) is 0. The molecule has 0 atom stereocenters. The molecule has 0 unspecified atom stereocenters. The van der Waals surface area contributed by atoms with Crippen molar-refractivity contribution in [1.29, 1.82) is 0 Å². The minimum atomic E-state index is 0.0444. The minimum absolute atomic E-state index is 0.0444. The van der Waals surface area contributed by atoms with Crippen LogP contribution < -0.4 is 0 Å². The molecule has 0 nitrogen and oxygen atoms in total. The molecule has 0 amide bonds. The maximum absolute atomic E-state index is 2.52. The van der Waals surface area contributed by atoms with Crippen molar-refractivity contribution in [3.63, 3.8) is 0 Å². The van der Waals surface area contributed by atoms with Crippen LogP contribution in [0.15, 0.2) is 18.2 Å². The molecule has 0 fully saturated rings. The van der Waals surface area contributed by atoms with Crippen molar-refractivity contribution in [2.45, 2.75) is 133 Å². The third-order valence-corrected chi connectivity index (χ3v) is 9.89. The lowest BCUT2D eigenvalue weighted by Gasteiger charge is -2.59. The molecule has 0 aliphatic rings. The summed E-state index contributed by atoms with van der Waals surface area (Å²) in [6.07, 6.45) is 2.34. The van der Waals surface area contributed by atoms with Gasteiger partial charge in [-0.05, 0) is 55.6 Å². The first-order chi connectivity index (χ1) is 12.7. The van der Waals surface area contributed by atoms with Crippen molar-refractivity contribution < 1.29 is 0 Å². The Morgan fingerprint density at radius 3 is 1.31 bits per heavy atom. The van der Waals surface area contributed by atoms with E-state index in [0.29, 0.717) is 0 Å². The third-order valence-electron chi connectivity index (χ3n) is 9.89. The lowest BCUT2D eigenvalue weighted by Crippen LogP contribution is -2.53. The van der Waals surface area contributed by atoms with Crippen LogP contribution in [0.4, 0.5) is 0 Å². The summed E-state index contributed by atoms with van der Waals surface area (Å²) in [6, 6.07) is 7.50. The van der Waals surface area contributed by atoms with Gasteiger partial charge in [-0.1, -0.05) is 128 Å². The van der Waals surface area contributed by atoms with Crippen molar-refractivity contribution >= 4 is 0 Å². The molecule has 0 heteroatoms. The largest absolute Gasteiger partial charge is 0.0649 e. The highest BCUT2D eigenvalue weighted by Crippen LogP contribution is 2.60. The molecular weight excluding hydrogens is 348 g/mol. The van der Waals surface area contributed by atoms with Gasteiger partial charge in [-0.15, -0.1) is 0 Å². The van der Waals surface area contributed by atoms with E-state index in [9.17, 15) is 0 Å². The molecule has 1 aromatic carbocycles. The standard InChI is InChI=1S/C29H52/c1-16-25(6,7)22-18-21(24(3,4)5)19-23(20-22)27(10,11)29(14,15)28(12,13)26(8,9)17-2/h18-20H,16-17H2,1-15H3. The van der Waals surface area contributed by atoms with Crippen LogP contribution >= 0.6 is 0 Å². The Morgan fingerprint density at radius 1 is 0.517 bits per heavy atom. The van der Waals surface area contributed by atoms with Gasteiger partial charge < -0.3 is 0 Å². The highest BCUT2D eigenvalue weighted by atomic mass is 14.6. The molecule has 168 valence electrons. The fourth-order valence-corrected chi connectivity index (χ4v) is 4.45. The summed E-state index contributed by atoms with van der Waals surface area (Å²) >= 11 is 0. The van der Waals surface area contributed by atoms with Gasteiger partial charge in [0.25, 0.3) is 0 Å². The van der Waals surface area contributed by atoms with Gasteiger partial charge >= 0.3 is 0 Å². The number of hydrogen-bond donors (Lipinski definition) is 0. The molecule has 1 aromatic rings. The molecule has 1 rings (SSSR count). The third kappa shape index (κ3) is 4.47. The lowest BCUT2D eigenvalue weighted by atomic mass is 9.45. The minimum Gasteiger partial charge on any atom is -0.0649 e. The zero-order valence-electron chi connectivity index (χ0n) is 22.6. The van der Waals surface area contributed by atoms with Crippen LogP contribution in [0.3, 0.4) is 0 Å². The lowest BCUT2D eigenvalue weighted by molar-refractivity contribution is -0.0653. The van der Waals surface area contributed by atoms with E-state index in [1.165, 1.54) is 23.1 Å². The first-order valence-corrected chi connectivity index (χ1v) is 11.9. The zero-order valence-corrected chi connectivity index (χ0v) is 22.6. The Kier molecular flexibility index (Phi) is 6.99. The molecule has 0 aromatic heterocycles. The molecule has 0 N–H and O–H groups in total. The Balaban J connectivity index is 3.80. The van der Waals surface area contributed by atoms with Gasteiger partial charge in [0.2, 0.25) is 0 Å². The Morgan fingerprint density at radius 2 is 0.931 bits per heavy atom. The van der Waals surface area contributed by atoms with Crippen molar-refractivity contribution in [3.05, 3.63) is 34.9 Å². The van der Waals surface area contributed by atoms with E-state index in [1.54, 1.807) is 0 Å². The van der Waals surface area contributed by atoms with E-state index >= 15 is 0 Å². The van der Waals surface area contributed by atoms with Crippen molar-refractivity contribution in [2.75, 3.05) is 0 Å². The first-order valence-electron chi connectivity index (χ1n) is 11.9. The molecule has 0 spiro atoms. The maximum Gasteiger partial charge on any atom is -0.00469 e. The molecule has 29 heavy (non-hydrogen) atoms. The van der Waals surface area contributed by atoms with Crippen LogP contribution in [-0.2, 0) is 16.2 Å². The first kappa shape index (κ1) is 26.3. The zero-order chi connectivity index (χ0) is 23.3. The summed E-state index contributed by atoms with van der Waals surface area (Å²) in [5.74, 6) is 0.